The van der Waals surface area contributed by atoms with Crippen LogP contribution < -0.4 is 10.2 Å². The molecular formula is C14H14N2O3. The molecule has 1 spiro atoms. The summed E-state index contributed by atoms with van der Waals surface area (Å²) in [4.78, 5) is 37.7. The second kappa shape index (κ2) is 4.19. The van der Waals surface area contributed by atoms with Crippen molar-refractivity contribution in [2.24, 2.45) is 5.41 Å². The molecule has 0 unspecified atom stereocenters. The van der Waals surface area contributed by atoms with Crippen LogP contribution in [0.4, 0.5) is 10.5 Å². The van der Waals surface area contributed by atoms with Gasteiger partial charge in [-0.15, -0.1) is 0 Å². The van der Waals surface area contributed by atoms with E-state index in [0.717, 1.165) is 17.7 Å². The summed E-state index contributed by atoms with van der Waals surface area (Å²) in [5.74, 6) is -0.822. The van der Waals surface area contributed by atoms with Gasteiger partial charge in [-0.25, -0.2) is 9.69 Å². The van der Waals surface area contributed by atoms with Crippen molar-refractivity contribution in [1.82, 2.24) is 5.32 Å². The fourth-order valence-electron chi connectivity index (χ4n) is 2.91. The zero-order valence-electron chi connectivity index (χ0n) is 10.4. The predicted octanol–water partition coefficient (Wildman–Crippen LogP) is 1.83. The van der Waals surface area contributed by atoms with Gasteiger partial charge >= 0.3 is 6.03 Å². The first kappa shape index (κ1) is 11.9. The van der Waals surface area contributed by atoms with E-state index in [0.29, 0.717) is 18.5 Å². The van der Waals surface area contributed by atoms with Crippen LogP contribution in [-0.4, -0.2) is 17.8 Å². The third-order valence-corrected chi connectivity index (χ3v) is 3.94. The molecule has 1 aromatic carbocycles. The summed E-state index contributed by atoms with van der Waals surface area (Å²) in [6.07, 6.45) is 2.73. The van der Waals surface area contributed by atoms with E-state index < -0.39 is 17.4 Å². The lowest BCUT2D eigenvalue weighted by Gasteiger charge is -2.36. The highest BCUT2D eigenvalue weighted by Crippen LogP contribution is 2.42. The van der Waals surface area contributed by atoms with Crippen LogP contribution in [0.15, 0.2) is 30.3 Å². The number of amides is 4. The van der Waals surface area contributed by atoms with Gasteiger partial charge in [0, 0.05) is 0 Å². The molecule has 1 N–H and O–H groups in total. The summed E-state index contributed by atoms with van der Waals surface area (Å²) in [5, 5.41) is 2.32. The highest BCUT2D eigenvalue weighted by atomic mass is 16.2. The van der Waals surface area contributed by atoms with E-state index in [-0.39, 0.29) is 5.91 Å². The minimum Gasteiger partial charge on any atom is -0.276 e. The van der Waals surface area contributed by atoms with E-state index in [9.17, 15) is 14.4 Å². The molecule has 2 fully saturated rings. The standard InChI is InChI=1S/C14H14N2O3/c17-11-14(8-4-5-9-14)12(18)16(13(19)15-11)10-6-2-1-3-7-10/h1-3,6-7H,4-5,8-9H2,(H,15,17,19). The SMILES string of the molecule is O=C1NC(=O)C2(CCCC2)C(=O)N1c1ccccc1. The third kappa shape index (κ3) is 1.65. The summed E-state index contributed by atoms with van der Waals surface area (Å²) in [5.41, 5.74) is -0.534. The lowest BCUT2D eigenvalue weighted by Crippen LogP contribution is -2.63. The number of hydrogen-bond donors (Lipinski definition) is 1. The number of nitrogens with zero attached hydrogens (tertiary/aromatic N) is 1. The molecule has 19 heavy (non-hydrogen) atoms. The van der Waals surface area contributed by atoms with Gasteiger partial charge in [0.1, 0.15) is 5.41 Å². The normalized spacial score (nSPS) is 21.9. The Hall–Kier alpha value is -2.17. The van der Waals surface area contributed by atoms with Crippen LogP contribution in [0.25, 0.3) is 0 Å². The minimum atomic E-state index is -1.04. The molecule has 0 aromatic heterocycles. The Balaban J connectivity index is 2.03. The number of para-hydroxylation sites is 1. The number of barbiturate groups is 1. The second-order valence-corrected chi connectivity index (χ2v) is 5.02. The minimum absolute atomic E-state index is 0.384. The molecule has 2 aliphatic rings. The van der Waals surface area contributed by atoms with E-state index in [1.807, 2.05) is 6.07 Å². The van der Waals surface area contributed by atoms with Crippen molar-refractivity contribution >= 4 is 23.5 Å². The summed E-state index contributed by atoms with van der Waals surface area (Å²) in [7, 11) is 0. The van der Waals surface area contributed by atoms with Gasteiger partial charge in [0.15, 0.2) is 0 Å². The van der Waals surface area contributed by atoms with Gasteiger partial charge in [-0.1, -0.05) is 31.0 Å². The van der Waals surface area contributed by atoms with Crippen LogP contribution in [0, 0.1) is 5.41 Å². The van der Waals surface area contributed by atoms with Gasteiger partial charge in [-0.2, -0.15) is 0 Å². The van der Waals surface area contributed by atoms with Gasteiger partial charge in [0.2, 0.25) is 5.91 Å². The van der Waals surface area contributed by atoms with Crippen molar-refractivity contribution in [2.75, 3.05) is 4.90 Å². The quantitative estimate of drug-likeness (QED) is 0.781. The van der Waals surface area contributed by atoms with Crippen LogP contribution in [0.3, 0.4) is 0 Å². The molecular weight excluding hydrogens is 244 g/mol. The molecule has 1 saturated heterocycles. The monoisotopic (exact) mass is 258 g/mol. The summed E-state index contributed by atoms with van der Waals surface area (Å²) in [6.45, 7) is 0. The summed E-state index contributed by atoms with van der Waals surface area (Å²) in [6, 6.07) is 8.05. The fourth-order valence-corrected chi connectivity index (χ4v) is 2.91. The maximum Gasteiger partial charge on any atom is 0.335 e. The number of carbonyl (C=O) groups is 3. The van der Waals surface area contributed by atoms with Crippen molar-refractivity contribution in [3.63, 3.8) is 0 Å². The number of urea groups is 1. The zero-order valence-corrected chi connectivity index (χ0v) is 10.4. The number of imide groups is 2. The first-order valence-electron chi connectivity index (χ1n) is 6.40. The fraction of sp³-hybridized carbons (Fsp3) is 0.357. The highest BCUT2D eigenvalue weighted by Gasteiger charge is 2.55. The molecule has 5 nitrogen and oxygen atoms in total. The van der Waals surface area contributed by atoms with Crippen LogP contribution >= 0.6 is 0 Å². The Kier molecular flexibility index (Phi) is 2.62. The smallest absolute Gasteiger partial charge is 0.276 e. The first-order chi connectivity index (χ1) is 9.15. The largest absolute Gasteiger partial charge is 0.335 e. The van der Waals surface area contributed by atoms with Gasteiger partial charge < -0.3 is 0 Å². The number of benzene rings is 1. The molecule has 1 saturated carbocycles. The Labute approximate surface area is 110 Å². The molecule has 0 atom stereocenters. The molecule has 1 aliphatic heterocycles. The highest BCUT2D eigenvalue weighted by molar-refractivity contribution is 6.30. The van der Waals surface area contributed by atoms with Crippen molar-refractivity contribution in [3.05, 3.63) is 30.3 Å². The zero-order chi connectivity index (χ0) is 13.5. The van der Waals surface area contributed by atoms with Gasteiger partial charge in [0.25, 0.3) is 5.91 Å². The van der Waals surface area contributed by atoms with E-state index in [2.05, 4.69) is 5.32 Å². The number of nitrogens with one attached hydrogen (secondary N) is 1. The molecule has 4 amide bonds. The molecule has 1 heterocycles. The Morgan fingerprint density at radius 3 is 2.26 bits per heavy atom. The maximum atomic E-state index is 12.6. The lowest BCUT2D eigenvalue weighted by atomic mass is 9.82. The Morgan fingerprint density at radius 2 is 1.63 bits per heavy atom. The van der Waals surface area contributed by atoms with Crippen molar-refractivity contribution in [1.29, 1.82) is 0 Å². The van der Waals surface area contributed by atoms with E-state index >= 15 is 0 Å². The van der Waals surface area contributed by atoms with Gasteiger partial charge in [0.05, 0.1) is 5.69 Å². The topological polar surface area (TPSA) is 66.5 Å². The van der Waals surface area contributed by atoms with Crippen molar-refractivity contribution < 1.29 is 14.4 Å². The molecule has 1 aromatic rings. The Morgan fingerprint density at radius 1 is 1.00 bits per heavy atom. The molecule has 0 bridgehead atoms. The lowest BCUT2D eigenvalue weighted by molar-refractivity contribution is -0.142. The van der Waals surface area contributed by atoms with E-state index in [4.69, 9.17) is 0 Å². The van der Waals surface area contributed by atoms with Crippen LogP contribution in [0.5, 0.6) is 0 Å². The number of carbonyl (C=O) groups excluding carboxylic acids is 3. The van der Waals surface area contributed by atoms with Crippen LogP contribution in [0.1, 0.15) is 25.7 Å². The van der Waals surface area contributed by atoms with Gasteiger partial charge in [-0.05, 0) is 25.0 Å². The van der Waals surface area contributed by atoms with Crippen LogP contribution in [-0.2, 0) is 9.59 Å². The van der Waals surface area contributed by atoms with E-state index in [1.54, 1.807) is 24.3 Å². The number of rotatable bonds is 1. The summed E-state index contributed by atoms with van der Waals surface area (Å²) >= 11 is 0. The molecule has 5 heteroatoms. The first-order valence-corrected chi connectivity index (χ1v) is 6.40. The average Bonchev–Trinajstić information content (AvgIpc) is 2.89. The van der Waals surface area contributed by atoms with Crippen LogP contribution in [0.2, 0.25) is 0 Å². The molecule has 1 aliphatic carbocycles. The predicted molar refractivity (Wildman–Crippen MR) is 68.4 cm³/mol. The Bertz CT molecular complexity index is 547. The number of hydrogen-bond acceptors (Lipinski definition) is 3. The molecule has 3 rings (SSSR count). The van der Waals surface area contributed by atoms with Crippen molar-refractivity contribution in [2.45, 2.75) is 25.7 Å². The van der Waals surface area contributed by atoms with Gasteiger partial charge in [-0.3, -0.25) is 14.9 Å². The molecule has 98 valence electrons. The van der Waals surface area contributed by atoms with Crippen molar-refractivity contribution in [3.8, 4) is 0 Å². The summed E-state index contributed by atoms with van der Waals surface area (Å²) < 4.78 is 0. The third-order valence-electron chi connectivity index (χ3n) is 3.94. The average molecular weight is 258 g/mol. The number of anilines is 1. The maximum absolute atomic E-state index is 12.6. The second-order valence-electron chi connectivity index (χ2n) is 5.02. The molecule has 0 radical (unpaired) electrons. The van der Waals surface area contributed by atoms with E-state index in [1.165, 1.54) is 0 Å².